The van der Waals surface area contributed by atoms with Crippen LogP contribution in [-0.2, 0) is 24.1 Å². The van der Waals surface area contributed by atoms with E-state index in [1.807, 2.05) is 36.4 Å². The number of aryl methyl sites for hydroxylation is 1. The number of aliphatic hydroxyl groups excluding tert-OH is 1. The molecule has 1 atom stereocenters. The van der Waals surface area contributed by atoms with Gasteiger partial charge in [0.15, 0.2) is 0 Å². The molecular formula is C22H26N2O3. The topological polar surface area (TPSA) is 61.8 Å². The van der Waals surface area contributed by atoms with E-state index in [4.69, 9.17) is 4.74 Å². The van der Waals surface area contributed by atoms with Gasteiger partial charge in [-0.2, -0.15) is 0 Å². The van der Waals surface area contributed by atoms with E-state index < -0.39 is 0 Å². The van der Waals surface area contributed by atoms with Gasteiger partial charge in [0.25, 0.3) is 5.91 Å². The van der Waals surface area contributed by atoms with Crippen LogP contribution in [0.25, 0.3) is 0 Å². The van der Waals surface area contributed by atoms with Gasteiger partial charge in [0.2, 0.25) is 0 Å². The second-order valence-electron chi connectivity index (χ2n) is 7.33. The number of hydrogen-bond acceptors (Lipinski definition) is 4. The Morgan fingerprint density at radius 1 is 1.19 bits per heavy atom. The van der Waals surface area contributed by atoms with E-state index in [9.17, 15) is 9.90 Å². The van der Waals surface area contributed by atoms with Crippen molar-refractivity contribution < 1.29 is 14.6 Å². The fourth-order valence-electron chi connectivity index (χ4n) is 3.99. The summed E-state index contributed by atoms with van der Waals surface area (Å²) in [6.45, 7) is 2.92. The molecule has 1 aliphatic carbocycles. The van der Waals surface area contributed by atoms with Crippen molar-refractivity contribution in [1.29, 1.82) is 0 Å². The highest BCUT2D eigenvalue weighted by molar-refractivity contribution is 6.04. The molecule has 2 aromatic carbocycles. The van der Waals surface area contributed by atoms with Gasteiger partial charge in [0, 0.05) is 24.3 Å². The molecule has 0 spiro atoms. The first kappa shape index (κ1) is 18.2. The third-order valence-corrected chi connectivity index (χ3v) is 5.56. The summed E-state index contributed by atoms with van der Waals surface area (Å²) in [6.07, 6.45) is 3.30. The number of morpholine rings is 1. The average Bonchev–Trinajstić information content (AvgIpc) is 3.19. The number of aliphatic hydroxyl groups is 1. The van der Waals surface area contributed by atoms with Crippen LogP contribution < -0.4 is 5.32 Å². The van der Waals surface area contributed by atoms with Crippen LogP contribution in [0.3, 0.4) is 0 Å². The summed E-state index contributed by atoms with van der Waals surface area (Å²) in [4.78, 5) is 14.9. The predicted octanol–water partition coefficient (Wildman–Crippen LogP) is 2.62. The van der Waals surface area contributed by atoms with E-state index in [2.05, 4.69) is 16.3 Å². The Bertz CT molecular complexity index is 804. The molecule has 0 radical (unpaired) electrons. The molecule has 2 N–H and O–H groups in total. The van der Waals surface area contributed by atoms with E-state index in [0.717, 1.165) is 43.6 Å². The van der Waals surface area contributed by atoms with Gasteiger partial charge < -0.3 is 15.2 Å². The molecule has 142 valence electrons. The zero-order chi connectivity index (χ0) is 18.6. The summed E-state index contributed by atoms with van der Waals surface area (Å²) < 4.78 is 5.43. The van der Waals surface area contributed by atoms with Crippen molar-refractivity contribution in [2.75, 3.05) is 31.7 Å². The zero-order valence-corrected chi connectivity index (χ0v) is 15.5. The molecule has 1 saturated heterocycles. The molecule has 1 heterocycles. The van der Waals surface area contributed by atoms with Gasteiger partial charge in [-0.3, -0.25) is 9.69 Å². The third-order valence-electron chi connectivity index (χ3n) is 5.56. The van der Waals surface area contributed by atoms with Crippen molar-refractivity contribution in [2.24, 2.45) is 0 Å². The summed E-state index contributed by atoms with van der Waals surface area (Å²) in [5.41, 5.74) is 5.37. The second kappa shape index (κ2) is 8.21. The highest BCUT2D eigenvalue weighted by atomic mass is 16.5. The molecule has 1 amide bonds. The normalized spacial score (nSPS) is 19.7. The molecule has 2 aliphatic rings. The molecular weight excluding hydrogens is 340 g/mol. The molecule has 0 aromatic heterocycles. The molecule has 0 saturated carbocycles. The van der Waals surface area contributed by atoms with Gasteiger partial charge >= 0.3 is 0 Å². The lowest BCUT2D eigenvalue weighted by atomic mass is 10.1. The maximum atomic E-state index is 12.6. The number of benzene rings is 2. The lowest BCUT2D eigenvalue weighted by Gasteiger charge is -2.34. The standard InChI is InChI=1S/C22H26N2O3/c25-14-19-15-27-12-11-24(19)13-16-7-9-18(10-8-16)22(26)23-21-6-2-4-17-3-1-5-20(17)21/h2,4,6-10,19,25H,1,3,5,11-15H2,(H,23,26)/t19-/m0/s1. The first-order valence-corrected chi connectivity index (χ1v) is 9.68. The quantitative estimate of drug-likeness (QED) is 0.854. The molecule has 2 aromatic rings. The van der Waals surface area contributed by atoms with Crippen LogP contribution in [0.1, 0.15) is 33.5 Å². The van der Waals surface area contributed by atoms with Crippen LogP contribution >= 0.6 is 0 Å². The van der Waals surface area contributed by atoms with Crippen molar-refractivity contribution in [3.8, 4) is 0 Å². The van der Waals surface area contributed by atoms with Crippen molar-refractivity contribution in [1.82, 2.24) is 4.90 Å². The molecule has 0 unspecified atom stereocenters. The lowest BCUT2D eigenvalue weighted by Crippen LogP contribution is -2.46. The lowest BCUT2D eigenvalue weighted by molar-refractivity contribution is -0.0312. The van der Waals surface area contributed by atoms with E-state index >= 15 is 0 Å². The third kappa shape index (κ3) is 4.05. The Morgan fingerprint density at radius 3 is 2.85 bits per heavy atom. The van der Waals surface area contributed by atoms with Gasteiger partial charge in [0.1, 0.15) is 0 Å². The maximum Gasteiger partial charge on any atom is 0.255 e. The Kier molecular flexibility index (Phi) is 5.53. The molecule has 27 heavy (non-hydrogen) atoms. The van der Waals surface area contributed by atoms with E-state index in [0.29, 0.717) is 18.8 Å². The molecule has 4 rings (SSSR count). The van der Waals surface area contributed by atoms with Crippen LogP contribution in [-0.4, -0.2) is 48.3 Å². The number of nitrogens with zero attached hydrogens (tertiary/aromatic N) is 1. The number of amides is 1. The van der Waals surface area contributed by atoms with Crippen molar-refractivity contribution in [3.05, 3.63) is 64.7 Å². The fraction of sp³-hybridized carbons (Fsp3) is 0.409. The number of nitrogens with one attached hydrogen (secondary N) is 1. The molecule has 0 bridgehead atoms. The second-order valence-corrected chi connectivity index (χ2v) is 7.33. The fourth-order valence-corrected chi connectivity index (χ4v) is 3.99. The number of carbonyl (C=O) groups excluding carboxylic acids is 1. The summed E-state index contributed by atoms with van der Waals surface area (Å²) in [5.74, 6) is -0.0681. The number of hydrogen-bond donors (Lipinski definition) is 2. The van der Waals surface area contributed by atoms with E-state index in [1.165, 1.54) is 11.1 Å². The first-order valence-electron chi connectivity index (χ1n) is 9.68. The number of anilines is 1. The highest BCUT2D eigenvalue weighted by Crippen LogP contribution is 2.29. The SMILES string of the molecule is O=C(Nc1cccc2c1CCC2)c1ccc(CN2CCOC[C@@H]2CO)cc1. The summed E-state index contributed by atoms with van der Waals surface area (Å²) in [7, 11) is 0. The highest BCUT2D eigenvalue weighted by Gasteiger charge is 2.22. The molecule has 5 heteroatoms. The summed E-state index contributed by atoms with van der Waals surface area (Å²) >= 11 is 0. The first-order chi connectivity index (χ1) is 13.2. The van der Waals surface area contributed by atoms with Crippen molar-refractivity contribution >= 4 is 11.6 Å². The minimum Gasteiger partial charge on any atom is -0.395 e. The minimum atomic E-state index is -0.0681. The number of fused-ring (bicyclic) bond motifs is 1. The Labute approximate surface area is 160 Å². The number of ether oxygens (including phenoxy) is 1. The summed E-state index contributed by atoms with van der Waals surface area (Å²) in [5, 5.41) is 12.6. The van der Waals surface area contributed by atoms with E-state index in [1.54, 1.807) is 0 Å². The van der Waals surface area contributed by atoms with Crippen LogP contribution in [0, 0.1) is 0 Å². The maximum absolute atomic E-state index is 12.6. The Balaban J connectivity index is 1.41. The van der Waals surface area contributed by atoms with Crippen molar-refractivity contribution in [2.45, 2.75) is 31.8 Å². The van der Waals surface area contributed by atoms with Crippen LogP contribution in [0.15, 0.2) is 42.5 Å². The van der Waals surface area contributed by atoms with Gasteiger partial charge in [0.05, 0.1) is 25.9 Å². The zero-order valence-electron chi connectivity index (χ0n) is 15.5. The van der Waals surface area contributed by atoms with Crippen LogP contribution in [0.4, 0.5) is 5.69 Å². The largest absolute Gasteiger partial charge is 0.395 e. The smallest absolute Gasteiger partial charge is 0.255 e. The Hall–Kier alpha value is -2.21. The predicted molar refractivity (Wildman–Crippen MR) is 105 cm³/mol. The summed E-state index contributed by atoms with van der Waals surface area (Å²) in [6, 6.07) is 13.9. The number of rotatable bonds is 5. The van der Waals surface area contributed by atoms with Gasteiger partial charge in [-0.05, 0) is 54.2 Å². The van der Waals surface area contributed by atoms with Crippen LogP contribution in [0.5, 0.6) is 0 Å². The van der Waals surface area contributed by atoms with Gasteiger partial charge in [-0.25, -0.2) is 0 Å². The van der Waals surface area contributed by atoms with E-state index in [-0.39, 0.29) is 18.6 Å². The number of carbonyl (C=O) groups is 1. The minimum absolute atomic E-state index is 0.0434. The van der Waals surface area contributed by atoms with Gasteiger partial charge in [-0.15, -0.1) is 0 Å². The van der Waals surface area contributed by atoms with Crippen LogP contribution in [0.2, 0.25) is 0 Å². The molecule has 5 nitrogen and oxygen atoms in total. The Morgan fingerprint density at radius 2 is 2.04 bits per heavy atom. The van der Waals surface area contributed by atoms with Crippen molar-refractivity contribution in [3.63, 3.8) is 0 Å². The monoisotopic (exact) mass is 366 g/mol. The van der Waals surface area contributed by atoms with Gasteiger partial charge in [-0.1, -0.05) is 24.3 Å². The average molecular weight is 366 g/mol. The molecule has 1 fully saturated rings. The molecule has 1 aliphatic heterocycles.